The Balaban J connectivity index is 1.91. The van der Waals surface area contributed by atoms with Crippen LogP contribution < -0.4 is 15.0 Å². The summed E-state index contributed by atoms with van der Waals surface area (Å²) in [4.78, 5) is 37.8. The van der Waals surface area contributed by atoms with Gasteiger partial charge in [-0.1, -0.05) is 24.3 Å². The molecule has 0 saturated carbocycles. The van der Waals surface area contributed by atoms with Crippen LogP contribution in [0.1, 0.15) is 23.6 Å². The lowest BCUT2D eigenvalue weighted by Crippen LogP contribution is -2.54. The maximum atomic E-state index is 13.1. The Labute approximate surface area is 179 Å². The molecular formula is C22H20N2O5S. The van der Waals surface area contributed by atoms with Crippen LogP contribution in [0.3, 0.4) is 0 Å². The molecule has 1 fully saturated rings. The monoisotopic (exact) mass is 424 g/mol. The fourth-order valence-corrected chi connectivity index (χ4v) is 3.19. The summed E-state index contributed by atoms with van der Waals surface area (Å²) in [5.41, 5.74) is 3.02. The zero-order valence-corrected chi connectivity index (χ0v) is 17.4. The fourth-order valence-electron chi connectivity index (χ4n) is 2.92. The number of nitrogens with zero attached hydrogens (tertiary/aromatic N) is 1. The number of carboxylic acids is 1. The van der Waals surface area contributed by atoms with E-state index in [4.69, 9.17) is 22.1 Å². The number of benzene rings is 2. The van der Waals surface area contributed by atoms with Crippen LogP contribution in [0, 0.1) is 13.8 Å². The highest BCUT2D eigenvalue weighted by atomic mass is 32.1. The van der Waals surface area contributed by atoms with Gasteiger partial charge >= 0.3 is 5.97 Å². The van der Waals surface area contributed by atoms with E-state index in [2.05, 4.69) is 5.32 Å². The van der Waals surface area contributed by atoms with Crippen LogP contribution >= 0.6 is 12.2 Å². The number of ether oxygens (including phenoxy) is 1. The third kappa shape index (κ3) is 4.23. The molecule has 2 aromatic rings. The van der Waals surface area contributed by atoms with Crippen LogP contribution in [-0.2, 0) is 14.4 Å². The van der Waals surface area contributed by atoms with Gasteiger partial charge in [-0.15, -0.1) is 0 Å². The molecule has 0 radical (unpaired) electrons. The van der Waals surface area contributed by atoms with E-state index >= 15 is 0 Å². The average molecular weight is 424 g/mol. The lowest BCUT2D eigenvalue weighted by atomic mass is 10.0. The molecule has 1 aliphatic rings. The first-order chi connectivity index (χ1) is 14.2. The number of rotatable bonds is 5. The van der Waals surface area contributed by atoms with E-state index in [0.29, 0.717) is 17.0 Å². The number of nitrogens with one attached hydrogen (secondary N) is 1. The van der Waals surface area contributed by atoms with E-state index in [-0.39, 0.29) is 10.7 Å². The van der Waals surface area contributed by atoms with Crippen molar-refractivity contribution >= 4 is 46.9 Å². The van der Waals surface area contributed by atoms with Crippen molar-refractivity contribution < 1.29 is 24.2 Å². The highest BCUT2D eigenvalue weighted by Crippen LogP contribution is 2.27. The molecule has 7 nitrogen and oxygen atoms in total. The summed E-state index contributed by atoms with van der Waals surface area (Å²) in [6.07, 6.45) is 0.467. The second kappa shape index (κ2) is 8.46. The Morgan fingerprint density at radius 3 is 2.47 bits per heavy atom. The molecule has 2 N–H and O–H groups in total. The smallest absolute Gasteiger partial charge is 0.344 e. The van der Waals surface area contributed by atoms with Crippen molar-refractivity contribution in [2.45, 2.75) is 26.9 Å². The summed E-state index contributed by atoms with van der Waals surface area (Å²) in [6.45, 7) is 5.24. The molecule has 1 atom stereocenters. The fraction of sp³-hybridized carbons (Fsp3) is 0.182. The predicted molar refractivity (Wildman–Crippen MR) is 116 cm³/mol. The summed E-state index contributed by atoms with van der Waals surface area (Å²) in [7, 11) is 0. The lowest BCUT2D eigenvalue weighted by Gasteiger charge is -2.30. The zero-order valence-electron chi connectivity index (χ0n) is 16.6. The minimum Gasteiger partial charge on any atom is -0.479 e. The average Bonchev–Trinajstić information content (AvgIpc) is 2.69. The molecule has 1 saturated heterocycles. The molecule has 1 unspecified atom stereocenters. The molecule has 2 aromatic carbocycles. The van der Waals surface area contributed by atoms with Crippen LogP contribution in [0.5, 0.6) is 5.75 Å². The largest absolute Gasteiger partial charge is 0.479 e. The Bertz CT molecular complexity index is 1080. The maximum absolute atomic E-state index is 13.1. The van der Waals surface area contributed by atoms with Gasteiger partial charge in [0.2, 0.25) is 0 Å². The van der Waals surface area contributed by atoms with Crippen LogP contribution in [0.4, 0.5) is 5.69 Å². The van der Waals surface area contributed by atoms with Gasteiger partial charge in [0.1, 0.15) is 11.3 Å². The molecule has 0 spiro atoms. The van der Waals surface area contributed by atoms with E-state index in [0.717, 1.165) is 11.1 Å². The minimum atomic E-state index is -1.08. The standard InChI is InChI=1S/C22H20N2O5S/c1-12-5-4-6-18(13(12)2)24-20(26)17(19(25)23-22(24)30)11-15-7-9-16(10-8-15)29-14(3)21(27)28/h4-11,14H,1-3H3,(H,27,28)(H,23,25,30). The van der Waals surface area contributed by atoms with Crippen molar-refractivity contribution in [2.75, 3.05) is 4.90 Å². The second-order valence-corrected chi connectivity index (χ2v) is 7.23. The van der Waals surface area contributed by atoms with Gasteiger partial charge in [0, 0.05) is 0 Å². The highest BCUT2D eigenvalue weighted by molar-refractivity contribution is 7.80. The molecule has 2 amide bonds. The number of aliphatic carboxylic acids is 1. The Hall–Kier alpha value is -3.52. The van der Waals surface area contributed by atoms with Crippen LogP contribution in [0.15, 0.2) is 48.0 Å². The highest BCUT2D eigenvalue weighted by Gasteiger charge is 2.35. The summed E-state index contributed by atoms with van der Waals surface area (Å²) in [5, 5.41) is 11.5. The lowest BCUT2D eigenvalue weighted by molar-refractivity contribution is -0.144. The molecule has 3 rings (SSSR count). The Kier molecular flexibility index (Phi) is 5.98. The number of carboxylic acid groups (broad SMARTS) is 1. The Morgan fingerprint density at radius 1 is 1.17 bits per heavy atom. The summed E-state index contributed by atoms with van der Waals surface area (Å²) in [5.74, 6) is -1.80. The van der Waals surface area contributed by atoms with Crippen molar-refractivity contribution in [1.82, 2.24) is 5.32 Å². The van der Waals surface area contributed by atoms with Crippen LogP contribution in [0.2, 0.25) is 0 Å². The first-order valence-electron chi connectivity index (χ1n) is 9.16. The summed E-state index contributed by atoms with van der Waals surface area (Å²) >= 11 is 5.24. The van der Waals surface area contributed by atoms with Gasteiger partial charge in [0.05, 0.1) is 5.69 Å². The number of carbonyl (C=O) groups excluding carboxylic acids is 2. The van der Waals surface area contributed by atoms with Crippen molar-refractivity contribution in [3.8, 4) is 5.75 Å². The van der Waals surface area contributed by atoms with Crippen molar-refractivity contribution in [3.05, 3.63) is 64.7 Å². The number of thiocarbonyl (C=S) groups is 1. The van der Waals surface area contributed by atoms with Gasteiger partial charge in [-0.2, -0.15) is 0 Å². The molecule has 30 heavy (non-hydrogen) atoms. The van der Waals surface area contributed by atoms with E-state index in [1.807, 2.05) is 26.0 Å². The van der Waals surface area contributed by atoms with Gasteiger partial charge in [0.25, 0.3) is 11.8 Å². The van der Waals surface area contributed by atoms with Gasteiger partial charge in [-0.3, -0.25) is 19.8 Å². The summed E-state index contributed by atoms with van der Waals surface area (Å²) < 4.78 is 5.28. The molecule has 1 heterocycles. The van der Waals surface area contributed by atoms with Gasteiger partial charge in [-0.25, -0.2) is 4.79 Å². The number of amides is 2. The first kappa shape index (κ1) is 21.2. The van der Waals surface area contributed by atoms with Crippen molar-refractivity contribution in [2.24, 2.45) is 0 Å². The van der Waals surface area contributed by atoms with Crippen molar-refractivity contribution in [1.29, 1.82) is 0 Å². The normalized spacial score (nSPS) is 16.4. The van der Waals surface area contributed by atoms with E-state index in [9.17, 15) is 14.4 Å². The van der Waals surface area contributed by atoms with E-state index in [1.165, 1.54) is 17.9 Å². The molecule has 154 valence electrons. The van der Waals surface area contributed by atoms with Gasteiger partial charge in [0.15, 0.2) is 11.2 Å². The third-order valence-electron chi connectivity index (χ3n) is 4.77. The van der Waals surface area contributed by atoms with Crippen molar-refractivity contribution in [3.63, 3.8) is 0 Å². The predicted octanol–water partition coefficient (Wildman–Crippen LogP) is 2.99. The number of anilines is 1. The summed E-state index contributed by atoms with van der Waals surface area (Å²) in [6, 6.07) is 11.9. The number of hydrogen-bond acceptors (Lipinski definition) is 5. The molecule has 8 heteroatoms. The quantitative estimate of drug-likeness (QED) is 0.435. The maximum Gasteiger partial charge on any atom is 0.344 e. The molecule has 1 aliphatic heterocycles. The van der Waals surface area contributed by atoms with E-state index < -0.39 is 23.9 Å². The number of aryl methyl sites for hydroxylation is 1. The van der Waals surface area contributed by atoms with Crippen LogP contribution in [-0.4, -0.2) is 34.1 Å². The van der Waals surface area contributed by atoms with Gasteiger partial charge < -0.3 is 9.84 Å². The SMILES string of the molecule is Cc1cccc(N2C(=O)C(=Cc3ccc(OC(C)C(=O)O)cc3)C(=O)NC2=S)c1C. The zero-order chi connectivity index (χ0) is 22.0. The molecular weight excluding hydrogens is 404 g/mol. The van der Waals surface area contributed by atoms with Gasteiger partial charge in [-0.05, 0) is 74.0 Å². The molecule has 0 aromatic heterocycles. The molecule has 0 bridgehead atoms. The minimum absolute atomic E-state index is 0.0299. The number of hydrogen-bond donors (Lipinski definition) is 2. The van der Waals surface area contributed by atoms with Crippen LogP contribution in [0.25, 0.3) is 6.08 Å². The molecule has 0 aliphatic carbocycles. The van der Waals surface area contributed by atoms with E-state index in [1.54, 1.807) is 30.3 Å². The Morgan fingerprint density at radius 2 is 1.83 bits per heavy atom. The topological polar surface area (TPSA) is 95.9 Å². The number of carbonyl (C=O) groups is 3. The first-order valence-corrected chi connectivity index (χ1v) is 9.57. The third-order valence-corrected chi connectivity index (χ3v) is 5.05. The second-order valence-electron chi connectivity index (χ2n) is 6.84.